The number of aromatic nitrogens is 2. The van der Waals surface area contributed by atoms with Gasteiger partial charge in [0, 0.05) is 19.6 Å². The second kappa shape index (κ2) is 7.74. The number of benzene rings is 2. The van der Waals surface area contributed by atoms with Gasteiger partial charge < -0.3 is 9.72 Å². The van der Waals surface area contributed by atoms with E-state index in [9.17, 15) is 4.39 Å². The van der Waals surface area contributed by atoms with E-state index in [-0.39, 0.29) is 11.1 Å². The normalized spacial score (nSPS) is 16.4. The van der Waals surface area contributed by atoms with Crippen molar-refractivity contribution in [1.82, 2.24) is 14.9 Å². The Morgan fingerprint density at radius 1 is 1.15 bits per heavy atom. The van der Waals surface area contributed by atoms with Crippen LogP contribution < -0.4 is 0 Å². The summed E-state index contributed by atoms with van der Waals surface area (Å²) in [6.07, 6.45) is 3.93. The molecular formula is C20H21ClFN3O. The average Bonchev–Trinajstić information content (AvgIpc) is 3.12. The Morgan fingerprint density at radius 2 is 1.96 bits per heavy atom. The first-order valence-electron chi connectivity index (χ1n) is 8.87. The van der Waals surface area contributed by atoms with Gasteiger partial charge in [-0.15, -0.1) is 0 Å². The second-order valence-corrected chi connectivity index (χ2v) is 7.20. The fraction of sp³-hybridized carbons (Fsp3) is 0.350. The van der Waals surface area contributed by atoms with Crippen LogP contribution in [0.15, 0.2) is 42.7 Å². The Labute approximate surface area is 156 Å². The number of nitrogens with zero attached hydrogens (tertiary/aromatic N) is 2. The number of hydrogen-bond acceptors (Lipinski definition) is 3. The predicted molar refractivity (Wildman–Crippen MR) is 101 cm³/mol. The monoisotopic (exact) mass is 373 g/mol. The molecule has 1 aliphatic rings. The molecule has 26 heavy (non-hydrogen) atoms. The zero-order chi connectivity index (χ0) is 17.9. The van der Waals surface area contributed by atoms with Crippen LogP contribution in [0.25, 0.3) is 11.0 Å². The molecule has 0 saturated carbocycles. The van der Waals surface area contributed by atoms with Crippen molar-refractivity contribution in [1.29, 1.82) is 0 Å². The van der Waals surface area contributed by atoms with Gasteiger partial charge in [-0.1, -0.05) is 23.7 Å². The van der Waals surface area contributed by atoms with Gasteiger partial charge in [-0.3, -0.25) is 4.90 Å². The number of aromatic amines is 1. The van der Waals surface area contributed by atoms with Crippen molar-refractivity contribution in [2.75, 3.05) is 13.1 Å². The van der Waals surface area contributed by atoms with Gasteiger partial charge in [0.25, 0.3) is 0 Å². The maximum absolute atomic E-state index is 13.5. The molecule has 4 rings (SSSR count). The van der Waals surface area contributed by atoms with Crippen LogP contribution in [-0.2, 0) is 17.9 Å². The summed E-state index contributed by atoms with van der Waals surface area (Å²) in [6.45, 7) is 3.36. The minimum atomic E-state index is -0.392. The van der Waals surface area contributed by atoms with Crippen LogP contribution in [0.3, 0.4) is 0 Å². The van der Waals surface area contributed by atoms with E-state index in [1.165, 1.54) is 11.6 Å². The number of hydrogen-bond donors (Lipinski definition) is 1. The van der Waals surface area contributed by atoms with Crippen molar-refractivity contribution in [2.24, 2.45) is 0 Å². The minimum absolute atomic E-state index is 0.148. The highest BCUT2D eigenvalue weighted by Gasteiger charge is 2.20. The summed E-state index contributed by atoms with van der Waals surface area (Å²) in [4.78, 5) is 9.86. The Bertz CT molecular complexity index is 890. The molecule has 1 N–H and O–H groups in total. The lowest BCUT2D eigenvalue weighted by molar-refractivity contribution is -0.00401. The van der Waals surface area contributed by atoms with Crippen molar-refractivity contribution in [3.05, 3.63) is 64.7 Å². The van der Waals surface area contributed by atoms with E-state index in [0.717, 1.165) is 49.1 Å². The summed E-state index contributed by atoms with van der Waals surface area (Å²) in [7, 11) is 0. The molecule has 136 valence electrons. The number of likely N-dealkylation sites (tertiary alicyclic amines) is 1. The Morgan fingerprint density at radius 3 is 2.77 bits per heavy atom. The van der Waals surface area contributed by atoms with Crippen LogP contribution in [0.1, 0.15) is 24.0 Å². The smallest absolute Gasteiger partial charge is 0.142 e. The summed E-state index contributed by atoms with van der Waals surface area (Å²) in [5.41, 5.74) is 4.19. The molecular weight excluding hydrogens is 353 g/mol. The van der Waals surface area contributed by atoms with E-state index < -0.39 is 5.82 Å². The predicted octanol–water partition coefficient (Wildman–Crippen LogP) is 4.54. The highest BCUT2D eigenvalue weighted by molar-refractivity contribution is 6.30. The van der Waals surface area contributed by atoms with Gasteiger partial charge >= 0.3 is 0 Å². The number of nitrogens with one attached hydrogen (secondary N) is 1. The number of fused-ring (bicyclic) bond motifs is 1. The molecule has 1 saturated heterocycles. The van der Waals surface area contributed by atoms with E-state index in [1.54, 1.807) is 12.4 Å². The van der Waals surface area contributed by atoms with Gasteiger partial charge in [0.05, 0.1) is 35.1 Å². The summed E-state index contributed by atoms with van der Waals surface area (Å²) >= 11 is 5.71. The Balaban J connectivity index is 1.26. The fourth-order valence-corrected chi connectivity index (χ4v) is 3.53. The van der Waals surface area contributed by atoms with Crippen LogP contribution in [0, 0.1) is 5.82 Å². The van der Waals surface area contributed by atoms with E-state index >= 15 is 0 Å². The molecule has 0 bridgehead atoms. The number of halogens is 2. The van der Waals surface area contributed by atoms with Gasteiger partial charge in [-0.25, -0.2) is 9.37 Å². The summed E-state index contributed by atoms with van der Waals surface area (Å²) < 4.78 is 19.4. The lowest BCUT2D eigenvalue weighted by Crippen LogP contribution is -2.36. The van der Waals surface area contributed by atoms with Gasteiger partial charge in [0.1, 0.15) is 5.82 Å². The highest BCUT2D eigenvalue weighted by Crippen LogP contribution is 2.21. The van der Waals surface area contributed by atoms with Crippen molar-refractivity contribution in [2.45, 2.75) is 32.1 Å². The first kappa shape index (κ1) is 17.5. The van der Waals surface area contributed by atoms with Crippen molar-refractivity contribution < 1.29 is 9.13 Å². The maximum atomic E-state index is 13.5. The number of rotatable bonds is 5. The molecule has 0 radical (unpaired) electrons. The van der Waals surface area contributed by atoms with Crippen LogP contribution in [0.4, 0.5) is 4.39 Å². The molecule has 6 heteroatoms. The molecule has 1 aromatic heterocycles. The van der Waals surface area contributed by atoms with E-state index in [0.29, 0.717) is 6.61 Å². The second-order valence-electron chi connectivity index (χ2n) is 6.79. The van der Waals surface area contributed by atoms with Crippen LogP contribution in [-0.4, -0.2) is 34.1 Å². The number of piperidine rings is 1. The van der Waals surface area contributed by atoms with E-state index in [1.807, 2.05) is 6.07 Å². The Kier molecular flexibility index (Phi) is 5.20. The topological polar surface area (TPSA) is 41.1 Å². The lowest BCUT2D eigenvalue weighted by atomic mass is 10.1. The summed E-state index contributed by atoms with van der Waals surface area (Å²) in [5, 5.41) is 0.148. The minimum Gasteiger partial charge on any atom is -0.373 e. The summed E-state index contributed by atoms with van der Waals surface area (Å²) in [6, 6.07) is 11.2. The molecule has 1 fully saturated rings. The first-order chi connectivity index (χ1) is 12.7. The van der Waals surface area contributed by atoms with Crippen LogP contribution >= 0.6 is 11.6 Å². The van der Waals surface area contributed by atoms with Gasteiger partial charge in [0.15, 0.2) is 0 Å². The zero-order valence-electron chi connectivity index (χ0n) is 14.4. The molecule has 4 nitrogen and oxygen atoms in total. The molecule has 1 aliphatic heterocycles. The lowest BCUT2D eigenvalue weighted by Gasteiger charge is -2.32. The fourth-order valence-electron chi connectivity index (χ4n) is 3.42. The van der Waals surface area contributed by atoms with E-state index in [4.69, 9.17) is 16.3 Å². The molecule has 0 atom stereocenters. The highest BCUT2D eigenvalue weighted by atomic mass is 35.5. The van der Waals surface area contributed by atoms with E-state index in [2.05, 4.69) is 33.1 Å². The number of imidazole rings is 1. The molecule has 2 heterocycles. The van der Waals surface area contributed by atoms with Crippen molar-refractivity contribution >= 4 is 22.6 Å². The van der Waals surface area contributed by atoms with Gasteiger partial charge in [-0.2, -0.15) is 0 Å². The number of ether oxygens (including phenoxy) is 1. The van der Waals surface area contributed by atoms with Crippen molar-refractivity contribution in [3.8, 4) is 0 Å². The quantitative estimate of drug-likeness (QED) is 0.714. The average molecular weight is 374 g/mol. The molecule has 0 aliphatic carbocycles. The molecule has 3 aromatic rings. The summed E-state index contributed by atoms with van der Waals surface area (Å²) in [5.74, 6) is -0.392. The van der Waals surface area contributed by atoms with Gasteiger partial charge in [-0.05, 0) is 48.2 Å². The first-order valence-corrected chi connectivity index (χ1v) is 9.25. The largest absolute Gasteiger partial charge is 0.373 e. The third-order valence-electron chi connectivity index (χ3n) is 4.90. The maximum Gasteiger partial charge on any atom is 0.142 e. The molecule has 0 amide bonds. The zero-order valence-corrected chi connectivity index (χ0v) is 15.2. The number of H-pyrrole nitrogens is 1. The third kappa shape index (κ3) is 4.06. The molecule has 2 aromatic carbocycles. The van der Waals surface area contributed by atoms with Crippen LogP contribution in [0.5, 0.6) is 0 Å². The standard InChI is InChI=1S/C20H21ClFN3O/c21-17-3-1-15(9-18(17)22)12-26-16-5-7-25(8-6-16)11-14-2-4-19-20(10-14)24-13-23-19/h1-4,9-10,13,16H,5-8,11-12H2,(H,23,24). The molecule has 0 spiro atoms. The van der Waals surface area contributed by atoms with Crippen molar-refractivity contribution in [3.63, 3.8) is 0 Å². The third-order valence-corrected chi connectivity index (χ3v) is 5.20. The SMILES string of the molecule is Fc1cc(COC2CCN(Cc3ccc4nc[nH]c4c3)CC2)ccc1Cl. The van der Waals surface area contributed by atoms with Gasteiger partial charge in [0.2, 0.25) is 0 Å². The molecule has 0 unspecified atom stereocenters. The Hall–Kier alpha value is -1.95. The van der Waals surface area contributed by atoms with Crippen LogP contribution in [0.2, 0.25) is 5.02 Å².